The highest BCUT2D eigenvalue weighted by Gasteiger charge is 2.30. The van der Waals surface area contributed by atoms with Crippen molar-refractivity contribution in [2.24, 2.45) is 0 Å². The molecule has 0 aliphatic carbocycles. The molecule has 0 aromatic heterocycles. The molecular weight excluding hydrogens is 276 g/mol. The minimum Gasteiger partial charge on any atom is -0.468 e. The van der Waals surface area contributed by atoms with Gasteiger partial charge in [-0.3, -0.25) is 9.59 Å². The number of carbonyl (C=O) groups is 3. The first-order valence-corrected chi connectivity index (χ1v) is 7.08. The summed E-state index contributed by atoms with van der Waals surface area (Å²) in [6.07, 6.45) is 1.50. The molecule has 1 atom stereocenters. The molecule has 7 nitrogen and oxygen atoms in total. The van der Waals surface area contributed by atoms with Gasteiger partial charge in [-0.15, -0.1) is 0 Å². The van der Waals surface area contributed by atoms with Gasteiger partial charge in [0.05, 0.1) is 7.11 Å². The van der Waals surface area contributed by atoms with Crippen molar-refractivity contribution in [2.45, 2.75) is 51.7 Å². The second kappa shape index (κ2) is 7.28. The largest absolute Gasteiger partial charge is 0.468 e. The van der Waals surface area contributed by atoms with Gasteiger partial charge in [0.1, 0.15) is 18.2 Å². The van der Waals surface area contributed by atoms with Crippen molar-refractivity contribution in [3.8, 4) is 0 Å². The van der Waals surface area contributed by atoms with E-state index in [-0.39, 0.29) is 12.5 Å². The highest BCUT2D eigenvalue weighted by Crippen LogP contribution is 2.14. The molecule has 0 radical (unpaired) electrons. The van der Waals surface area contributed by atoms with Crippen LogP contribution in [0.4, 0.5) is 4.79 Å². The maximum absolute atomic E-state index is 12.3. The molecule has 1 saturated heterocycles. The molecule has 1 rings (SSSR count). The van der Waals surface area contributed by atoms with Crippen LogP contribution in [-0.4, -0.2) is 54.7 Å². The average molecular weight is 300 g/mol. The van der Waals surface area contributed by atoms with Crippen LogP contribution in [0.25, 0.3) is 0 Å². The van der Waals surface area contributed by atoms with Gasteiger partial charge in [0.2, 0.25) is 5.91 Å². The highest BCUT2D eigenvalue weighted by atomic mass is 16.6. The van der Waals surface area contributed by atoms with Crippen LogP contribution in [0.2, 0.25) is 0 Å². The summed E-state index contributed by atoms with van der Waals surface area (Å²) in [5.41, 5.74) is -0.621. The summed E-state index contributed by atoms with van der Waals surface area (Å²) in [4.78, 5) is 36.9. The Hall–Kier alpha value is -1.79. The Morgan fingerprint density at radius 2 is 2.00 bits per heavy atom. The summed E-state index contributed by atoms with van der Waals surface area (Å²) in [7, 11) is 1.28. The third kappa shape index (κ3) is 6.01. The quantitative estimate of drug-likeness (QED) is 0.788. The number of nitrogens with one attached hydrogen (secondary N) is 1. The Morgan fingerprint density at radius 3 is 2.57 bits per heavy atom. The Kier molecular flexibility index (Phi) is 5.99. The second-order valence-electron chi connectivity index (χ2n) is 6.03. The van der Waals surface area contributed by atoms with E-state index in [1.165, 1.54) is 12.0 Å². The molecule has 21 heavy (non-hydrogen) atoms. The molecule has 1 heterocycles. The SMILES string of the molecule is COC(=O)CN1CCCC[C@@H](NC(=O)OC(C)(C)C)C1=O. The zero-order chi connectivity index (χ0) is 16.0. The fourth-order valence-electron chi connectivity index (χ4n) is 2.07. The average Bonchev–Trinajstić information content (AvgIpc) is 2.52. The predicted octanol–water partition coefficient (Wildman–Crippen LogP) is 1.07. The number of ether oxygens (including phenoxy) is 2. The van der Waals surface area contributed by atoms with Gasteiger partial charge in [-0.1, -0.05) is 0 Å². The maximum Gasteiger partial charge on any atom is 0.408 e. The molecule has 0 unspecified atom stereocenters. The van der Waals surface area contributed by atoms with Crippen LogP contribution in [0.3, 0.4) is 0 Å². The lowest BCUT2D eigenvalue weighted by molar-refractivity contribution is -0.147. The van der Waals surface area contributed by atoms with Crippen LogP contribution in [0, 0.1) is 0 Å². The van der Waals surface area contributed by atoms with E-state index in [0.717, 1.165) is 12.8 Å². The standard InChI is InChI=1S/C14H24N2O5/c1-14(2,3)21-13(19)15-10-7-5-6-8-16(12(10)18)9-11(17)20-4/h10H,5-9H2,1-4H3,(H,15,19)/t10-/m1/s1. The molecule has 7 heteroatoms. The molecule has 0 aromatic carbocycles. The lowest BCUT2D eigenvalue weighted by atomic mass is 10.1. The van der Waals surface area contributed by atoms with Crippen LogP contribution < -0.4 is 5.32 Å². The van der Waals surface area contributed by atoms with Crippen molar-refractivity contribution in [1.29, 1.82) is 0 Å². The minimum absolute atomic E-state index is 0.0954. The van der Waals surface area contributed by atoms with Crippen molar-refractivity contribution >= 4 is 18.0 Å². The molecule has 1 aliphatic rings. The third-order valence-corrected chi connectivity index (χ3v) is 3.02. The van der Waals surface area contributed by atoms with Crippen LogP contribution in [0.15, 0.2) is 0 Å². The molecule has 1 aliphatic heterocycles. The minimum atomic E-state index is -0.660. The van der Waals surface area contributed by atoms with Gasteiger partial charge in [0, 0.05) is 6.54 Å². The molecule has 0 bridgehead atoms. The van der Waals surface area contributed by atoms with Gasteiger partial charge in [-0.2, -0.15) is 0 Å². The summed E-state index contributed by atoms with van der Waals surface area (Å²) >= 11 is 0. The number of amides is 2. The van der Waals surface area contributed by atoms with Crippen LogP contribution in [0.1, 0.15) is 40.0 Å². The lowest BCUT2D eigenvalue weighted by Gasteiger charge is -2.25. The van der Waals surface area contributed by atoms with Gasteiger partial charge in [0.25, 0.3) is 0 Å². The number of hydrogen-bond acceptors (Lipinski definition) is 5. The normalized spacial score (nSPS) is 19.7. The van der Waals surface area contributed by atoms with Crippen molar-refractivity contribution in [2.75, 3.05) is 20.2 Å². The van der Waals surface area contributed by atoms with Gasteiger partial charge in [-0.25, -0.2) is 4.79 Å². The monoisotopic (exact) mass is 300 g/mol. The molecule has 0 spiro atoms. The zero-order valence-electron chi connectivity index (χ0n) is 13.1. The fourth-order valence-corrected chi connectivity index (χ4v) is 2.07. The van der Waals surface area contributed by atoms with Crippen LogP contribution in [-0.2, 0) is 19.1 Å². The molecule has 0 saturated carbocycles. The summed E-state index contributed by atoms with van der Waals surface area (Å²) in [5.74, 6) is -0.745. The molecule has 1 N–H and O–H groups in total. The van der Waals surface area contributed by atoms with Crippen molar-refractivity contribution in [1.82, 2.24) is 10.2 Å². The van der Waals surface area contributed by atoms with E-state index < -0.39 is 23.7 Å². The summed E-state index contributed by atoms with van der Waals surface area (Å²) in [5, 5.41) is 2.58. The second-order valence-corrected chi connectivity index (χ2v) is 6.03. The highest BCUT2D eigenvalue weighted by molar-refractivity contribution is 5.88. The zero-order valence-corrected chi connectivity index (χ0v) is 13.1. The van der Waals surface area contributed by atoms with E-state index in [1.54, 1.807) is 20.8 Å². The first-order valence-electron chi connectivity index (χ1n) is 7.08. The number of carbonyl (C=O) groups excluding carboxylic acids is 3. The van der Waals surface area contributed by atoms with Crippen LogP contribution in [0.5, 0.6) is 0 Å². The van der Waals surface area contributed by atoms with Gasteiger partial charge >= 0.3 is 12.1 Å². The Labute approximate surface area is 124 Å². The lowest BCUT2D eigenvalue weighted by Crippen LogP contribution is -2.49. The number of hydrogen-bond donors (Lipinski definition) is 1. The first kappa shape index (κ1) is 17.3. The van der Waals surface area contributed by atoms with Crippen molar-refractivity contribution < 1.29 is 23.9 Å². The van der Waals surface area contributed by atoms with Gasteiger partial charge in [-0.05, 0) is 40.0 Å². The molecule has 120 valence electrons. The van der Waals surface area contributed by atoms with Crippen molar-refractivity contribution in [3.05, 3.63) is 0 Å². The van der Waals surface area contributed by atoms with Gasteiger partial charge in [0.15, 0.2) is 0 Å². The summed E-state index contributed by atoms with van der Waals surface area (Å²) in [6, 6.07) is -0.660. The maximum atomic E-state index is 12.3. The molecule has 0 aromatic rings. The fraction of sp³-hybridized carbons (Fsp3) is 0.786. The van der Waals surface area contributed by atoms with Gasteiger partial charge < -0.3 is 19.7 Å². The van der Waals surface area contributed by atoms with E-state index in [9.17, 15) is 14.4 Å². The third-order valence-electron chi connectivity index (χ3n) is 3.02. The number of likely N-dealkylation sites (tertiary alicyclic amines) is 1. The smallest absolute Gasteiger partial charge is 0.408 e. The molecular formula is C14H24N2O5. The summed E-state index contributed by atoms with van der Waals surface area (Å²) < 4.78 is 9.73. The molecule has 2 amide bonds. The summed E-state index contributed by atoms with van der Waals surface area (Å²) in [6.45, 7) is 5.66. The number of nitrogens with zero attached hydrogens (tertiary/aromatic N) is 1. The van der Waals surface area contributed by atoms with E-state index >= 15 is 0 Å². The number of esters is 1. The Morgan fingerprint density at radius 1 is 1.33 bits per heavy atom. The van der Waals surface area contributed by atoms with E-state index in [0.29, 0.717) is 13.0 Å². The van der Waals surface area contributed by atoms with E-state index in [1.807, 2.05) is 0 Å². The molecule has 1 fully saturated rings. The number of alkyl carbamates (subject to hydrolysis) is 1. The topological polar surface area (TPSA) is 84.9 Å². The van der Waals surface area contributed by atoms with E-state index in [4.69, 9.17) is 4.74 Å². The van der Waals surface area contributed by atoms with Crippen molar-refractivity contribution in [3.63, 3.8) is 0 Å². The number of methoxy groups -OCH3 is 1. The van der Waals surface area contributed by atoms with Crippen LogP contribution >= 0.6 is 0 Å². The van der Waals surface area contributed by atoms with E-state index in [2.05, 4.69) is 10.1 Å². The Bertz CT molecular complexity index is 403. The first-order chi connectivity index (χ1) is 9.73. The number of rotatable bonds is 3. The predicted molar refractivity (Wildman–Crippen MR) is 75.6 cm³/mol. The Balaban J connectivity index is 2.65.